The predicted octanol–water partition coefficient (Wildman–Crippen LogP) is 1.02. The summed E-state index contributed by atoms with van der Waals surface area (Å²) >= 11 is 0. The molecule has 1 heterocycles. The SMILES string of the molecule is CCCNC(=O)CCCC(=O)N1CCCC(COC)(C(=O)O)C1. The molecule has 0 radical (unpaired) electrons. The fourth-order valence-electron chi connectivity index (χ4n) is 2.89. The van der Waals surface area contributed by atoms with Gasteiger partial charge in [0.15, 0.2) is 0 Å². The van der Waals surface area contributed by atoms with Gasteiger partial charge in [-0.05, 0) is 25.7 Å². The second-order valence-electron chi connectivity index (χ2n) is 6.14. The van der Waals surface area contributed by atoms with Crippen molar-refractivity contribution in [1.29, 1.82) is 0 Å². The highest BCUT2D eigenvalue weighted by Gasteiger charge is 2.43. The normalized spacial score (nSPS) is 21.0. The van der Waals surface area contributed by atoms with Crippen LogP contribution in [0.2, 0.25) is 0 Å². The molecule has 7 heteroatoms. The van der Waals surface area contributed by atoms with Crippen LogP contribution < -0.4 is 5.32 Å². The highest BCUT2D eigenvalue weighted by molar-refractivity contribution is 5.81. The van der Waals surface area contributed by atoms with Crippen LogP contribution in [0.25, 0.3) is 0 Å². The molecular formula is C16H28N2O5. The van der Waals surface area contributed by atoms with Crippen LogP contribution in [0.3, 0.4) is 0 Å². The molecule has 1 aliphatic heterocycles. The Balaban J connectivity index is 2.46. The molecule has 132 valence electrons. The van der Waals surface area contributed by atoms with Crippen LogP contribution in [-0.4, -0.2) is 61.1 Å². The Morgan fingerprint density at radius 2 is 2.04 bits per heavy atom. The highest BCUT2D eigenvalue weighted by Crippen LogP contribution is 2.31. The maximum absolute atomic E-state index is 12.3. The van der Waals surface area contributed by atoms with Gasteiger partial charge >= 0.3 is 5.97 Å². The summed E-state index contributed by atoms with van der Waals surface area (Å²) < 4.78 is 5.05. The van der Waals surface area contributed by atoms with Gasteiger partial charge in [0.1, 0.15) is 5.41 Å². The van der Waals surface area contributed by atoms with E-state index in [1.807, 2.05) is 6.92 Å². The van der Waals surface area contributed by atoms with Crippen LogP contribution in [0.4, 0.5) is 0 Å². The summed E-state index contributed by atoms with van der Waals surface area (Å²) in [7, 11) is 1.47. The van der Waals surface area contributed by atoms with Crippen molar-refractivity contribution in [2.75, 3.05) is 33.4 Å². The number of rotatable bonds is 9. The first-order valence-electron chi connectivity index (χ1n) is 8.22. The standard InChI is InChI=1S/C16H28N2O5/c1-3-9-17-13(19)6-4-7-14(20)18-10-5-8-16(11-18,12-23-2)15(21)22/h3-12H2,1-2H3,(H,17,19)(H,21,22). The van der Waals surface area contributed by atoms with Crippen molar-refractivity contribution in [3.63, 3.8) is 0 Å². The predicted molar refractivity (Wildman–Crippen MR) is 84.9 cm³/mol. The molecule has 1 saturated heterocycles. The van der Waals surface area contributed by atoms with E-state index in [9.17, 15) is 19.5 Å². The quantitative estimate of drug-likeness (QED) is 0.659. The highest BCUT2D eigenvalue weighted by atomic mass is 16.5. The third-order valence-electron chi connectivity index (χ3n) is 4.17. The lowest BCUT2D eigenvalue weighted by Gasteiger charge is -2.39. The number of carboxylic acids is 1. The molecule has 0 aliphatic carbocycles. The largest absolute Gasteiger partial charge is 0.481 e. The zero-order valence-corrected chi connectivity index (χ0v) is 14.1. The molecule has 2 amide bonds. The van der Waals surface area contributed by atoms with Crippen molar-refractivity contribution in [1.82, 2.24) is 10.2 Å². The monoisotopic (exact) mass is 328 g/mol. The average molecular weight is 328 g/mol. The van der Waals surface area contributed by atoms with Gasteiger partial charge in [-0.1, -0.05) is 6.92 Å². The molecule has 23 heavy (non-hydrogen) atoms. The minimum Gasteiger partial charge on any atom is -0.481 e. The number of piperidine rings is 1. The van der Waals surface area contributed by atoms with Crippen molar-refractivity contribution >= 4 is 17.8 Å². The zero-order chi connectivity index (χ0) is 17.3. The second-order valence-corrected chi connectivity index (χ2v) is 6.14. The summed E-state index contributed by atoms with van der Waals surface area (Å²) in [5.41, 5.74) is -1.01. The van der Waals surface area contributed by atoms with E-state index in [-0.39, 0.29) is 31.4 Å². The van der Waals surface area contributed by atoms with Gasteiger partial charge in [0.05, 0.1) is 6.61 Å². The van der Waals surface area contributed by atoms with E-state index in [1.165, 1.54) is 7.11 Å². The number of amides is 2. The fraction of sp³-hybridized carbons (Fsp3) is 0.812. The van der Waals surface area contributed by atoms with Gasteiger partial charge in [-0.25, -0.2) is 0 Å². The van der Waals surface area contributed by atoms with Crippen molar-refractivity contribution in [2.24, 2.45) is 5.41 Å². The zero-order valence-electron chi connectivity index (χ0n) is 14.1. The van der Waals surface area contributed by atoms with E-state index in [0.717, 1.165) is 6.42 Å². The van der Waals surface area contributed by atoms with E-state index in [2.05, 4.69) is 5.32 Å². The van der Waals surface area contributed by atoms with E-state index in [1.54, 1.807) is 4.90 Å². The lowest BCUT2D eigenvalue weighted by atomic mass is 9.80. The Morgan fingerprint density at radius 3 is 2.65 bits per heavy atom. The Morgan fingerprint density at radius 1 is 1.30 bits per heavy atom. The van der Waals surface area contributed by atoms with Gasteiger partial charge in [-0.15, -0.1) is 0 Å². The molecule has 0 spiro atoms. The summed E-state index contributed by atoms with van der Waals surface area (Å²) in [6, 6.07) is 0. The number of carboxylic acid groups (broad SMARTS) is 1. The maximum atomic E-state index is 12.3. The van der Waals surface area contributed by atoms with Crippen LogP contribution in [0.5, 0.6) is 0 Å². The molecule has 7 nitrogen and oxygen atoms in total. The molecule has 1 aliphatic rings. The third-order valence-corrected chi connectivity index (χ3v) is 4.17. The lowest BCUT2D eigenvalue weighted by Crippen LogP contribution is -2.52. The Kier molecular flexibility index (Phi) is 8.02. The molecule has 0 aromatic carbocycles. The van der Waals surface area contributed by atoms with Crippen molar-refractivity contribution in [3.8, 4) is 0 Å². The molecule has 0 bridgehead atoms. The van der Waals surface area contributed by atoms with Gasteiger partial charge in [0.2, 0.25) is 11.8 Å². The first kappa shape index (κ1) is 19.4. The van der Waals surface area contributed by atoms with Crippen molar-refractivity contribution < 1.29 is 24.2 Å². The summed E-state index contributed by atoms with van der Waals surface area (Å²) in [5.74, 6) is -1.05. The number of hydrogen-bond donors (Lipinski definition) is 2. The van der Waals surface area contributed by atoms with Gasteiger partial charge in [0, 0.05) is 39.6 Å². The number of ether oxygens (including phenoxy) is 1. The summed E-state index contributed by atoms with van der Waals surface area (Å²) in [6.07, 6.45) is 3.12. The Labute approximate surface area is 137 Å². The third kappa shape index (κ3) is 5.82. The van der Waals surface area contributed by atoms with Crippen molar-refractivity contribution in [3.05, 3.63) is 0 Å². The number of carbonyl (C=O) groups is 3. The smallest absolute Gasteiger partial charge is 0.313 e. The first-order chi connectivity index (χ1) is 10.9. The summed E-state index contributed by atoms with van der Waals surface area (Å²) in [6.45, 7) is 3.48. The number of hydrogen-bond acceptors (Lipinski definition) is 4. The number of carbonyl (C=O) groups excluding carboxylic acids is 2. The molecule has 1 unspecified atom stereocenters. The van der Waals surface area contributed by atoms with Crippen molar-refractivity contribution in [2.45, 2.75) is 45.4 Å². The van der Waals surface area contributed by atoms with Crippen LogP contribution in [0.15, 0.2) is 0 Å². The fourth-order valence-corrected chi connectivity index (χ4v) is 2.89. The number of methoxy groups -OCH3 is 1. The molecule has 0 aromatic rings. The van der Waals surface area contributed by atoms with Crippen LogP contribution >= 0.6 is 0 Å². The molecule has 1 atom stereocenters. The van der Waals surface area contributed by atoms with Crippen LogP contribution in [0.1, 0.15) is 45.4 Å². The topological polar surface area (TPSA) is 95.9 Å². The van der Waals surface area contributed by atoms with Crippen LogP contribution in [-0.2, 0) is 19.1 Å². The van der Waals surface area contributed by atoms with Gasteiger partial charge in [0.25, 0.3) is 0 Å². The van der Waals surface area contributed by atoms with E-state index >= 15 is 0 Å². The van der Waals surface area contributed by atoms with Gasteiger partial charge < -0.3 is 20.1 Å². The first-order valence-corrected chi connectivity index (χ1v) is 8.22. The van der Waals surface area contributed by atoms with E-state index in [0.29, 0.717) is 38.8 Å². The molecule has 0 aromatic heterocycles. The summed E-state index contributed by atoms with van der Waals surface area (Å²) in [4.78, 5) is 36.9. The van der Waals surface area contributed by atoms with Crippen LogP contribution in [0, 0.1) is 5.41 Å². The maximum Gasteiger partial charge on any atom is 0.313 e. The second kappa shape index (κ2) is 9.50. The number of likely N-dealkylation sites (tertiary alicyclic amines) is 1. The number of nitrogens with one attached hydrogen (secondary N) is 1. The van der Waals surface area contributed by atoms with Gasteiger partial charge in [-0.3, -0.25) is 14.4 Å². The molecule has 1 fully saturated rings. The molecule has 1 rings (SSSR count). The number of nitrogens with zero attached hydrogens (tertiary/aromatic N) is 1. The van der Waals surface area contributed by atoms with E-state index in [4.69, 9.17) is 4.74 Å². The van der Waals surface area contributed by atoms with Gasteiger partial charge in [-0.2, -0.15) is 0 Å². The average Bonchev–Trinajstić information content (AvgIpc) is 2.53. The Bertz CT molecular complexity index is 423. The molecule has 2 N–H and O–H groups in total. The minimum atomic E-state index is -1.01. The Hall–Kier alpha value is -1.63. The lowest BCUT2D eigenvalue weighted by molar-refractivity contribution is -0.159. The molecular weight excluding hydrogens is 300 g/mol. The van der Waals surface area contributed by atoms with E-state index < -0.39 is 11.4 Å². The minimum absolute atomic E-state index is 0.0439. The number of aliphatic carboxylic acids is 1. The molecule has 0 saturated carbocycles. The summed E-state index contributed by atoms with van der Waals surface area (Å²) in [5, 5.41) is 12.3.